The predicted molar refractivity (Wildman–Crippen MR) is 113 cm³/mol. The molecule has 0 aromatic heterocycles. The van der Waals surface area contributed by atoms with Crippen LogP contribution in [0, 0.1) is 17.6 Å². The highest BCUT2D eigenvalue weighted by atomic mass is 79.9. The molecule has 0 fully saturated rings. The summed E-state index contributed by atoms with van der Waals surface area (Å²) in [5.41, 5.74) is -0.126. The summed E-state index contributed by atoms with van der Waals surface area (Å²) in [7, 11) is 0. The van der Waals surface area contributed by atoms with E-state index >= 15 is 0 Å². The van der Waals surface area contributed by atoms with Crippen molar-refractivity contribution < 1.29 is 23.2 Å². The maximum Gasteiger partial charge on any atom is 0.257 e. The van der Waals surface area contributed by atoms with Crippen molar-refractivity contribution in [1.82, 2.24) is 10.6 Å². The molecular weight excluding hydrogens is 460 g/mol. The fraction of sp³-hybridized carbons (Fsp3) is 0.286. The molecule has 3 N–H and O–H groups in total. The third-order valence-corrected chi connectivity index (χ3v) is 4.73. The van der Waals surface area contributed by atoms with E-state index < -0.39 is 35.1 Å². The van der Waals surface area contributed by atoms with Gasteiger partial charge in [-0.15, -0.1) is 0 Å². The van der Waals surface area contributed by atoms with Crippen LogP contribution in [0.5, 0.6) is 0 Å². The molecular formula is C21H22BrF2N3O3. The Balaban J connectivity index is 1.90. The van der Waals surface area contributed by atoms with Gasteiger partial charge < -0.3 is 16.0 Å². The van der Waals surface area contributed by atoms with Gasteiger partial charge in [-0.1, -0.05) is 35.8 Å². The highest BCUT2D eigenvalue weighted by Crippen LogP contribution is 2.15. The summed E-state index contributed by atoms with van der Waals surface area (Å²) >= 11 is 3.30. The van der Waals surface area contributed by atoms with Crippen LogP contribution < -0.4 is 16.0 Å². The first-order chi connectivity index (χ1) is 14.2. The molecule has 2 aromatic carbocycles. The number of carbonyl (C=O) groups is 3. The molecule has 0 aliphatic heterocycles. The SMILES string of the molecule is CC(C)[C@H](NC(=O)c1c(F)cccc1F)C(=O)NCCC(=O)Nc1ccc(Br)cc1. The quantitative estimate of drug-likeness (QED) is 0.537. The van der Waals surface area contributed by atoms with Crippen molar-refractivity contribution >= 4 is 39.3 Å². The molecule has 2 aromatic rings. The lowest BCUT2D eigenvalue weighted by molar-refractivity contribution is -0.124. The van der Waals surface area contributed by atoms with Gasteiger partial charge in [-0.2, -0.15) is 0 Å². The number of rotatable bonds is 8. The van der Waals surface area contributed by atoms with Gasteiger partial charge in [-0.3, -0.25) is 14.4 Å². The van der Waals surface area contributed by atoms with Crippen LogP contribution in [-0.2, 0) is 9.59 Å². The van der Waals surface area contributed by atoms with Crippen molar-refractivity contribution in [3.05, 3.63) is 64.1 Å². The molecule has 0 heterocycles. The summed E-state index contributed by atoms with van der Waals surface area (Å²) < 4.78 is 28.5. The van der Waals surface area contributed by atoms with Gasteiger partial charge in [0.15, 0.2) is 0 Å². The van der Waals surface area contributed by atoms with Gasteiger partial charge in [-0.05, 0) is 42.3 Å². The highest BCUT2D eigenvalue weighted by Gasteiger charge is 2.27. The second-order valence-corrected chi connectivity index (χ2v) is 7.80. The molecule has 2 rings (SSSR count). The first-order valence-corrected chi connectivity index (χ1v) is 10.1. The zero-order chi connectivity index (χ0) is 22.3. The second-order valence-electron chi connectivity index (χ2n) is 6.89. The largest absolute Gasteiger partial charge is 0.354 e. The molecule has 0 saturated carbocycles. The smallest absolute Gasteiger partial charge is 0.257 e. The number of halogens is 3. The highest BCUT2D eigenvalue weighted by molar-refractivity contribution is 9.10. The monoisotopic (exact) mass is 481 g/mol. The average molecular weight is 482 g/mol. The Labute approximate surface area is 181 Å². The van der Waals surface area contributed by atoms with E-state index in [1.54, 1.807) is 38.1 Å². The molecule has 0 bridgehead atoms. The van der Waals surface area contributed by atoms with Crippen LogP contribution in [0.2, 0.25) is 0 Å². The molecule has 30 heavy (non-hydrogen) atoms. The summed E-state index contributed by atoms with van der Waals surface area (Å²) in [6.07, 6.45) is 0.0164. The van der Waals surface area contributed by atoms with Gasteiger partial charge in [0, 0.05) is 23.1 Å². The maximum atomic E-state index is 13.8. The minimum Gasteiger partial charge on any atom is -0.354 e. The van der Waals surface area contributed by atoms with Crippen molar-refractivity contribution in [2.75, 3.05) is 11.9 Å². The van der Waals surface area contributed by atoms with E-state index in [1.807, 2.05) is 0 Å². The fourth-order valence-corrected chi connectivity index (χ4v) is 2.89. The van der Waals surface area contributed by atoms with Crippen LogP contribution in [0.3, 0.4) is 0 Å². The molecule has 9 heteroatoms. The van der Waals surface area contributed by atoms with Gasteiger partial charge in [0.2, 0.25) is 11.8 Å². The third-order valence-electron chi connectivity index (χ3n) is 4.20. The molecule has 0 unspecified atom stereocenters. The lowest BCUT2D eigenvalue weighted by Gasteiger charge is -2.22. The van der Waals surface area contributed by atoms with Crippen molar-refractivity contribution in [3.8, 4) is 0 Å². The van der Waals surface area contributed by atoms with Gasteiger partial charge >= 0.3 is 0 Å². The molecule has 6 nitrogen and oxygen atoms in total. The van der Waals surface area contributed by atoms with Crippen LogP contribution in [0.4, 0.5) is 14.5 Å². The fourth-order valence-electron chi connectivity index (χ4n) is 2.63. The van der Waals surface area contributed by atoms with Crippen molar-refractivity contribution in [1.29, 1.82) is 0 Å². The van der Waals surface area contributed by atoms with E-state index in [9.17, 15) is 23.2 Å². The second kappa shape index (κ2) is 10.8. The molecule has 0 saturated heterocycles. The van der Waals surface area contributed by atoms with Crippen molar-refractivity contribution in [3.63, 3.8) is 0 Å². The summed E-state index contributed by atoms with van der Waals surface area (Å²) in [4.78, 5) is 36.7. The van der Waals surface area contributed by atoms with Crippen LogP contribution in [0.25, 0.3) is 0 Å². The zero-order valence-electron chi connectivity index (χ0n) is 16.5. The minimum absolute atomic E-state index is 0.0164. The number of amides is 3. The van der Waals surface area contributed by atoms with Gasteiger partial charge in [0.1, 0.15) is 23.2 Å². The number of hydrogen-bond donors (Lipinski definition) is 3. The summed E-state index contributed by atoms with van der Waals surface area (Å²) in [5, 5.41) is 7.62. The Bertz CT molecular complexity index is 900. The van der Waals surface area contributed by atoms with Gasteiger partial charge in [0.05, 0.1) is 0 Å². The summed E-state index contributed by atoms with van der Waals surface area (Å²) in [5.74, 6) is -4.24. The number of anilines is 1. The normalized spacial score (nSPS) is 11.7. The van der Waals surface area contributed by atoms with E-state index in [0.29, 0.717) is 5.69 Å². The average Bonchev–Trinajstić information content (AvgIpc) is 2.67. The van der Waals surface area contributed by atoms with Crippen molar-refractivity contribution in [2.45, 2.75) is 26.3 Å². The van der Waals surface area contributed by atoms with Gasteiger partial charge in [-0.25, -0.2) is 8.78 Å². The van der Waals surface area contributed by atoms with Crippen LogP contribution >= 0.6 is 15.9 Å². The minimum atomic E-state index is -1.02. The standard InChI is InChI=1S/C21H22BrF2N3O3/c1-12(2)19(27-20(29)18-15(23)4-3-5-16(18)24)21(30)25-11-10-17(28)26-14-8-6-13(22)7-9-14/h3-9,12,19H,10-11H2,1-2H3,(H,25,30)(H,26,28)(H,27,29)/t19-/m0/s1. The molecule has 160 valence electrons. The maximum absolute atomic E-state index is 13.8. The molecule has 0 spiro atoms. The number of nitrogens with one attached hydrogen (secondary N) is 3. The summed E-state index contributed by atoms with van der Waals surface area (Å²) in [6, 6.07) is 9.08. The molecule has 0 aliphatic carbocycles. The first kappa shape index (κ1) is 23.5. The van der Waals surface area contributed by atoms with Crippen molar-refractivity contribution in [2.24, 2.45) is 5.92 Å². The lowest BCUT2D eigenvalue weighted by Crippen LogP contribution is -2.50. The Hall–Kier alpha value is -2.81. The Kier molecular flexibility index (Phi) is 8.46. The Morgan fingerprint density at radius 1 is 1.00 bits per heavy atom. The van der Waals surface area contributed by atoms with Crippen LogP contribution in [0.1, 0.15) is 30.6 Å². The number of hydrogen-bond acceptors (Lipinski definition) is 3. The topological polar surface area (TPSA) is 87.3 Å². The van der Waals surface area contributed by atoms with Gasteiger partial charge in [0.25, 0.3) is 5.91 Å². The molecule has 1 atom stereocenters. The molecule has 0 aliphatic rings. The van der Waals surface area contributed by atoms with E-state index in [1.165, 1.54) is 0 Å². The van der Waals surface area contributed by atoms with Crippen LogP contribution in [0.15, 0.2) is 46.9 Å². The number of benzene rings is 2. The Morgan fingerprint density at radius 2 is 1.60 bits per heavy atom. The number of carbonyl (C=O) groups excluding carboxylic acids is 3. The van der Waals surface area contributed by atoms with Crippen LogP contribution in [-0.4, -0.2) is 30.3 Å². The molecule has 3 amide bonds. The Morgan fingerprint density at radius 3 is 2.17 bits per heavy atom. The van der Waals surface area contributed by atoms with E-state index in [4.69, 9.17) is 0 Å². The predicted octanol–water partition coefficient (Wildman–Crippen LogP) is 3.63. The first-order valence-electron chi connectivity index (χ1n) is 9.27. The molecule has 0 radical (unpaired) electrons. The van der Waals surface area contributed by atoms with E-state index in [0.717, 1.165) is 22.7 Å². The lowest BCUT2D eigenvalue weighted by atomic mass is 10.0. The van der Waals surface area contributed by atoms with E-state index in [2.05, 4.69) is 31.9 Å². The third kappa shape index (κ3) is 6.62. The zero-order valence-corrected chi connectivity index (χ0v) is 18.1. The van der Waals surface area contributed by atoms with E-state index in [-0.39, 0.29) is 24.8 Å². The summed E-state index contributed by atoms with van der Waals surface area (Å²) in [6.45, 7) is 3.40.